The van der Waals surface area contributed by atoms with Crippen molar-refractivity contribution >= 4 is 45.8 Å². The van der Waals surface area contributed by atoms with E-state index in [9.17, 15) is 4.79 Å². The quantitative estimate of drug-likeness (QED) is 0.619. The lowest BCUT2D eigenvalue weighted by Crippen LogP contribution is -2.03. The average Bonchev–Trinajstić information content (AvgIpc) is 2.07. The van der Waals surface area contributed by atoms with Gasteiger partial charge in [0.15, 0.2) is 0 Å². The Balaban J connectivity index is 3.50. The topological polar surface area (TPSA) is 63.3 Å². The number of nitrogen functional groups attached to an aromatic ring is 1. The molecule has 0 heterocycles. The van der Waals surface area contributed by atoms with Crippen LogP contribution in [0, 0.1) is 10.5 Å². The van der Waals surface area contributed by atoms with Crippen LogP contribution in [-0.4, -0.2) is 11.1 Å². The van der Waals surface area contributed by atoms with Crippen LogP contribution < -0.4 is 5.73 Å². The Morgan fingerprint density at radius 1 is 1.69 bits per heavy atom. The normalized spacial score (nSPS) is 10.1. The van der Waals surface area contributed by atoms with Crippen LogP contribution in [0.5, 0.6) is 0 Å². The highest BCUT2D eigenvalue weighted by molar-refractivity contribution is 14.1. The maximum atomic E-state index is 10.7. The smallest absolute Gasteiger partial charge is 0.337 e. The Bertz CT molecular complexity index is 379. The monoisotopic (exact) mass is 311 g/mol. The molecule has 0 aliphatic carbocycles. The zero-order valence-electron chi connectivity index (χ0n) is 6.77. The molecule has 13 heavy (non-hydrogen) atoms. The molecule has 0 atom stereocenters. The molecule has 0 aliphatic rings. The zero-order valence-corrected chi connectivity index (χ0v) is 9.68. The maximum Gasteiger partial charge on any atom is 0.337 e. The largest absolute Gasteiger partial charge is 0.478 e. The first-order chi connectivity index (χ1) is 5.95. The molecule has 0 saturated carbocycles. The van der Waals surface area contributed by atoms with E-state index in [1.54, 1.807) is 6.92 Å². The molecule has 0 radical (unpaired) electrons. The van der Waals surface area contributed by atoms with Gasteiger partial charge >= 0.3 is 5.97 Å². The van der Waals surface area contributed by atoms with E-state index < -0.39 is 5.97 Å². The number of hydrogen-bond acceptors (Lipinski definition) is 2. The minimum Gasteiger partial charge on any atom is -0.478 e. The van der Waals surface area contributed by atoms with Crippen LogP contribution in [0.1, 0.15) is 15.9 Å². The number of anilines is 1. The number of halogens is 2. The molecule has 1 aromatic rings. The second-order valence-electron chi connectivity index (χ2n) is 2.57. The van der Waals surface area contributed by atoms with Crippen LogP contribution in [0.4, 0.5) is 5.69 Å². The number of aromatic carboxylic acids is 1. The third-order valence-corrected chi connectivity index (χ3v) is 3.60. The molecular weight excluding hydrogens is 304 g/mol. The van der Waals surface area contributed by atoms with Crippen LogP contribution in [0.25, 0.3) is 0 Å². The van der Waals surface area contributed by atoms with Crippen LogP contribution in [-0.2, 0) is 0 Å². The predicted octanol–water partition coefficient (Wildman–Crippen LogP) is 2.53. The molecule has 1 rings (SSSR count). The van der Waals surface area contributed by atoms with E-state index >= 15 is 0 Å². The van der Waals surface area contributed by atoms with Crippen molar-refractivity contribution in [2.75, 3.05) is 5.73 Å². The molecule has 0 fully saturated rings. The zero-order chi connectivity index (χ0) is 10.2. The standard InChI is InChI=1S/C8H7ClINO2/c1-3-6(9)4(8(12)13)2-5(11)7(3)10/h2H,11H2,1H3,(H,12,13). The summed E-state index contributed by atoms with van der Waals surface area (Å²) in [5.41, 5.74) is 6.80. The molecule has 0 bridgehead atoms. The number of carboxylic acids is 1. The summed E-state index contributed by atoms with van der Waals surface area (Å²) in [6, 6.07) is 1.37. The lowest BCUT2D eigenvalue weighted by molar-refractivity contribution is 0.0697. The summed E-state index contributed by atoms with van der Waals surface area (Å²) >= 11 is 7.86. The van der Waals surface area contributed by atoms with E-state index in [0.717, 1.165) is 3.57 Å². The molecule has 3 nitrogen and oxygen atoms in total. The van der Waals surface area contributed by atoms with Crippen molar-refractivity contribution in [2.24, 2.45) is 0 Å². The van der Waals surface area contributed by atoms with Gasteiger partial charge in [-0.05, 0) is 41.1 Å². The Kier molecular flexibility index (Phi) is 3.02. The predicted molar refractivity (Wildman–Crippen MR) is 60.3 cm³/mol. The Hall–Kier alpha value is -0.490. The summed E-state index contributed by atoms with van der Waals surface area (Å²) in [7, 11) is 0. The van der Waals surface area contributed by atoms with Gasteiger partial charge in [-0.25, -0.2) is 4.79 Å². The fourth-order valence-electron chi connectivity index (χ4n) is 0.953. The summed E-state index contributed by atoms with van der Waals surface area (Å²) in [4.78, 5) is 10.7. The van der Waals surface area contributed by atoms with Crippen molar-refractivity contribution in [3.8, 4) is 0 Å². The number of rotatable bonds is 1. The second kappa shape index (κ2) is 3.71. The minimum atomic E-state index is -1.06. The molecule has 3 N–H and O–H groups in total. The van der Waals surface area contributed by atoms with Crippen LogP contribution in [0.15, 0.2) is 6.07 Å². The Morgan fingerprint density at radius 3 is 2.69 bits per heavy atom. The minimum absolute atomic E-state index is 0.0529. The van der Waals surface area contributed by atoms with Gasteiger partial charge in [-0.3, -0.25) is 0 Å². The fourth-order valence-corrected chi connectivity index (χ4v) is 1.77. The van der Waals surface area contributed by atoms with Gasteiger partial charge in [0, 0.05) is 9.26 Å². The van der Waals surface area contributed by atoms with E-state index in [-0.39, 0.29) is 10.6 Å². The number of benzene rings is 1. The number of nitrogens with two attached hydrogens (primary N) is 1. The van der Waals surface area contributed by atoms with E-state index in [0.29, 0.717) is 11.3 Å². The summed E-state index contributed by atoms with van der Waals surface area (Å²) in [5.74, 6) is -1.06. The highest BCUT2D eigenvalue weighted by Crippen LogP contribution is 2.29. The number of carboxylic acid groups (broad SMARTS) is 1. The summed E-state index contributed by atoms with van der Waals surface area (Å²) < 4.78 is 0.799. The SMILES string of the molecule is Cc1c(Cl)c(C(=O)O)cc(N)c1I. The molecular formula is C8H7ClINO2. The maximum absolute atomic E-state index is 10.7. The van der Waals surface area contributed by atoms with Gasteiger partial charge in [0.25, 0.3) is 0 Å². The number of hydrogen-bond donors (Lipinski definition) is 2. The molecule has 0 aliphatic heterocycles. The van der Waals surface area contributed by atoms with E-state index in [4.69, 9.17) is 22.4 Å². The van der Waals surface area contributed by atoms with Crippen molar-refractivity contribution in [1.29, 1.82) is 0 Å². The van der Waals surface area contributed by atoms with E-state index in [2.05, 4.69) is 0 Å². The Labute approximate surface area is 94.0 Å². The molecule has 0 aromatic heterocycles. The van der Waals surface area contributed by atoms with Gasteiger partial charge in [-0.2, -0.15) is 0 Å². The van der Waals surface area contributed by atoms with Gasteiger partial charge < -0.3 is 10.8 Å². The highest BCUT2D eigenvalue weighted by Gasteiger charge is 2.14. The third kappa shape index (κ3) is 1.88. The molecule has 0 unspecified atom stereocenters. The van der Waals surface area contributed by atoms with Gasteiger partial charge in [0.1, 0.15) is 0 Å². The lowest BCUT2D eigenvalue weighted by Gasteiger charge is -2.07. The van der Waals surface area contributed by atoms with Crippen molar-refractivity contribution in [3.05, 3.63) is 25.8 Å². The first-order valence-corrected chi connectivity index (χ1v) is 4.88. The molecule has 0 amide bonds. The van der Waals surface area contributed by atoms with Crippen molar-refractivity contribution in [3.63, 3.8) is 0 Å². The first-order valence-electron chi connectivity index (χ1n) is 3.42. The van der Waals surface area contributed by atoms with E-state index in [1.807, 2.05) is 22.6 Å². The van der Waals surface area contributed by atoms with E-state index in [1.165, 1.54) is 6.07 Å². The lowest BCUT2D eigenvalue weighted by atomic mass is 10.1. The second-order valence-corrected chi connectivity index (χ2v) is 4.03. The van der Waals surface area contributed by atoms with Gasteiger partial charge in [-0.15, -0.1) is 0 Å². The third-order valence-electron chi connectivity index (χ3n) is 1.68. The van der Waals surface area contributed by atoms with Crippen molar-refractivity contribution < 1.29 is 9.90 Å². The number of carbonyl (C=O) groups is 1. The van der Waals surface area contributed by atoms with Gasteiger partial charge in [0.2, 0.25) is 0 Å². The Morgan fingerprint density at radius 2 is 2.23 bits per heavy atom. The van der Waals surface area contributed by atoms with Crippen LogP contribution in [0.2, 0.25) is 5.02 Å². The molecule has 1 aromatic carbocycles. The summed E-state index contributed by atoms with van der Waals surface area (Å²) in [6.07, 6.45) is 0. The summed E-state index contributed by atoms with van der Waals surface area (Å²) in [6.45, 7) is 1.74. The average molecular weight is 312 g/mol. The molecule has 0 spiro atoms. The van der Waals surface area contributed by atoms with Crippen molar-refractivity contribution in [2.45, 2.75) is 6.92 Å². The van der Waals surface area contributed by atoms with Gasteiger partial charge in [0.05, 0.1) is 10.6 Å². The van der Waals surface area contributed by atoms with Crippen LogP contribution >= 0.6 is 34.2 Å². The molecule has 5 heteroatoms. The van der Waals surface area contributed by atoms with Gasteiger partial charge in [-0.1, -0.05) is 11.6 Å². The van der Waals surface area contributed by atoms with Crippen molar-refractivity contribution in [1.82, 2.24) is 0 Å². The highest BCUT2D eigenvalue weighted by atomic mass is 127. The molecule has 70 valence electrons. The summed E-state index contributed by atoms with van der Waals surface area (Å²) in [5, 5.41) is 9.02. The first kappa shape index (κ1) is 10.6. The van der Waals surface area contributed by atoms with Crippen LogP contribution in [0.3, 0.4) is 0 Å². The fraction of sp³-hybridized carbons (Fsp3) is 0.125. The molecule has 0 saturated heterocycles.